The monoisotopic (exact) mass is 289 g/mol. The third-order valence-electron chi connectivity index (χ3n) is 4.10. The summed E-state index contributed by atoms with van der Waals surface area (Å²) >= 11 is 0. The summed E-state index contributed by atoms with van der Waals surface area (Å²) in [7, 11) is 0. The average molecular weight is 289 g/mol. The summed E-state index contributed by atoms with van der Waals surface area (Å²) in [5.74, 6) is -0.160. The van der Waals surface area contributed by atoms with Crippen molar-refractivity contribution >= 4 is 17.5 Å². The van der Waals surface area contributed by atoms with Gasteiger partial charge < -0.3 is 16.4 Å². The molecule has 114 valence electrons. The van der Waals surface area contributed by atoms with Crippen LogP contribution < -0.4 is 16.4 Å². The van der Waals surface area contributed by atoms with E-state index in [0.717, 1.165) is 25.7 Å². The Balaban J connectivity index is 2.04. The van der Waals surface area contributed by atoms with Gasteiger partial charge in [0, 0.05) is 24.3 Å². The lowest BCUT2D eigenvalue weighted by Crippen LogP contribution is -2.47. The fourth-order valence-electron chi connectivity index (χ4n) is 2.47. The minimum Gasteiger partial charge on any atom is -0.352 e. The van der Waals surface area contributed by atoms with E-state index < -0.39 is 5.41 Å². The van der Waals surface area contributed by atoms with E-state index in [1.54, 1.807) is 24.3 Å². The Hall–Kier alpha value is -1.88. The van der Waals surface area contributed by atoms with Crippen molar-refractivity contribution in [2.45, 2.75) is 32.6 Å². The van der Waals surface area contributed by atoms with E-state index in [1.807, 2.05) is 6.92 Å². The molecule has 21 heavy (non-hydrogen) atoms. The van der Waals surface area contributed by atoms with E-state index >= 15 is 0 Å². The molecule has 1 aliphatic carbocycles. The fourth-order valence-corrected chi connectivity index (χ4v) is 2.47. The van der Waals surface area contributed by atoms with E-state index in [2.05, 4.69) is 10.6 Å². The fraction of sp³-hybridized carbons (Fsp3) is 0.500. The lowest BCUT2D eigenvalue weighted by molar-refractivity contribution is -0.129. The van der Waals surface area contributed by atoms with Crippen molar-refractivity contribution in [3.8, 4) is 0 Å². The van der Waals surface area contributed by atoms with E-state index in [-0.39, 0.29) is 11.8 Å². The molecule has 1 aromatic carbocycles. The van der Waals surface area contributed by atoms with Crippen LogP contribution in [0.3, 0.4) is 0 Å². The maximum absolute atomic E-state index is 12.3. The van der Waals surface area contributed by atoms with Gasteiger partial charge in [0.1, 0.15) is 0 Å². The first-order valence-electron chi connectivity index (χ1n) is 7.51. The zero-order valence-electron chi connectivity index (χ0n) is 12.4. The minimum absolute atomic E-state index is 0.0395. The van der Waals surface area contributed by atoms with E-state index in [4.69, 9.17) is 5.73 Å². The highest BCUT2D eigenvalue weighted by atomic mass is 16.2. The van der Waals surface area contributed by atoms with Crippen LogP contribution >= 0.6 is 0 Å². The van der Waals surface area contributed by atoms with Crippen molar-refractivity contribution in [3.05, 3.63) is 29.8 Å². The summed E-state index contributed by atoms with van der Waals surface area (Å²) in [6.45, 7) is 3.02. The summed E-state index contributed by atoms with van der Waals surface area (Å²) in [4.78, 5) is 24.2. The number of carbonyl (C=O) groups excluding carboxylic acids is 2. The predicted octanol–water partition coefficient (Wildman–Crippen LogP) is 1.89. The van der Waals surface area contributed by atoms with Crippen molar-refractivity contribution in [1.82, 2.24) is 5.32 Å². The topological polar surface area (TPSA) is 84.2 Å². The number of anilines is 1. The smallest absolute Gasteiger partial charge is 0.251 e. The van der Waals surface area contributed by atoms with Crippen LogP contribution in [0.1, 0.15) is 43.0 Å². The molecule has 0 unspecified atom stereocenters. The summed E-state index contributed by atoms with van der Waals surface area (Å²) < 4.78 is 0. The highest BCUT2D eigenvalue weighted by Gasteiger charge is 2.42. The SMILES string of the molecule is CCCNC(=O)c1cccc(NC(=O)C2(CN)CCC2)c1. The van der Waals surface area contributed by atoms with Crippen LogP contribution in [0.2, 0.25) is 0 Å². The first-order valence-corrected chi connectivity index (χ1v) is 7.51. The maximum atomic E-state index is 12.3. The summed E-state index contributed by atoms with van der Waals surface area (Å²) in [6.07, 6.45) is 3.61. The van der Waals surface area contributed by atoms with Gasteiger partial charge in [0.15, 0.2) is 0 Å². The number of nitrogens with one attached hydrogen (secondary N) is 2. The number of nitrogens with two attached hydrogens (primary N) is 1. The summed E-state index contributed by atoms with van der Waals surface area (Å²) in [5.41, 5.74) is 6.51. The van der Waals surface area contributed by atoms with Crippen LogP contribution in [0.15, 0.2) is 24.3 Å². The second-order valence-electron chi connectivity index (χ2n) is 5.63. The Morgan fingerprint density at radius 3 is 2.67 bits per heavy atom. The first kappa shape index (κ1) is 15.5. The highest BCUT2D eigenvalue weighted by Crippen LogP contribution is 2.40. The van der Waals surface area contributed by atoms with Crippen LogP contribution in [-0.4, -0.2) is 24.9 Å². The van der Waals surface area contributed by atoms with E-state index in [0.29, 0.717) is 24.3 Å². The number of rotatable bonds is 6. The van der Waals surface area contributed by atoms with Gasteiger partial charge in [-0.05, 0) is 37.5 Å². The van der Waals surface area contributed by atoms with Crippen LogP contribution in [-0.2, 0) is 4.79 Å². The van der Waals surface area contributed by atoms with Crippen molar-refractivity contribution < 1.29 is 9.59 Å². The third kappa shape index (κ3) is 3.42. The van der Waals surface area contributed by atoms with E-state index in [1.165, 1.54) is 0 Å². The standard InChI is InChI=1S/C16H23N3O2/c1-2-9-18-14(20)12-5-3-6-13(10-12)19-15(21)16(11-17)7-4-8-16/h3,5-6,10H,2,4,7-9,11,17H2,1H3,(H,18,20)(H,19,21). The molecule has 2 rings (SSSR count). The number of carbonyl (C=O) groups is 2. The molecular weight excluding hydrogens is 266 g/mol. The minimum atomic E-state index is -0.416. The van der Waals surface area contributed by atoms with Gasteiger partial charge in [0.25, 0.3) is 5.91 Å². The van der Waals surface area contributed by atoms with E-state index in [9.17, 15) is 9.59 Å². The number of amides is 2. The molecule has 0 aromatic heterocycles. The van der Waals surface area contributed by atoms with Crippen molar-refractivity contribution in [3.63, 3.8) is 0 Å². The molecule has 5 nitrogen and oxygen atoms in total. The Labute approximate surface area is 125 Å². The van der Waals surface area contributed by atoms with Gasteiger partial charge in [-0.1, -0.05) is 19.4 Å². The molecule has 0 radical (unpaired) electrons. The van der Waals surface area contributed by atoms with Crippen LogP contribution in [0.5, 0.6) is 0 Å². The van der Waals surface area contributed by atoms with Gasteiger partial charge in [-0.25, -0.2) is 0 Å². The average Bonchev–Trinajstić information content (AvgIpc) is 2.44. The molecule has 1 saturated carbocycles. The second kappa shape index (κ2) is 6.72. The quantitative estimate of drug-likeness (QED) is 0.747. The Kier molecular flexibility index (Phi) is 4.96. The lowest BCUT2D eigenvalue weighted by atomic mass is 9.68. The van der Waals surface area contributed by atoms with Gasteiger partial charge in [-0.15, -0.1) is 0 Å². The molecule has 0 spiro atoms. The molecule has 4 N–H and O–H groups in total. The van der Waals surface area contributed by atoms with Crippen LogP contribution in [0.25, 0.3) is 0 Å². The van der Waals surface area contributed by atoms with Gasteiger partial charge in [0.05, 0.1) is 5.41 Å². The second-order valence-corrected chi connectivity index (χ2v) is 5.63. The third-order valence-corrected chi connectivity index (χ3v) is 4.10. The van der Waals surface area contributed by atoms with Crippen LogP contribution in [0.4, 0.5) is 5.69 Å². The molecule has 0 atom stereocenters. The van der Waals surface area contributed by atoms with Crippen molar-refractivity contribution in [2.24, 2.45) is 11.1 Å². The molecule has 2 amide bonds. The zero-order chi connectivity index (χ0) is 15.3. The number of benzene rings is 1. The lowest BCUT2D eigenvalue weighted by Gasteiger charge is -2.39. The molecule has 5 heteroatoms. The summed E-state index contributed by atoms with van der Waals surface area (Å²) in [5, 5.41) is 5.71. The van der Waals surface area contributed by atoms with Gasteiger partial charge >= 0.3 is 0 Å². The Bertz CT molecular complexity index is 518. The van der Waals surface area contributed by atoms with Crippen molar-refractivity contribution in [1.29, 1.82) is 0 Å². The molecule has 0 aliphatic heterocycles. The largest absolute Gasteiger partial charge is 0.352 e. The Morgan fingerprint density at radius 1 is 1.33 bits per heavy atom. The first-order chi connectivity index (χ1) is 10.1. The molecule has 0 heterocycles. The van der Waals surface area contributed by atoms with Crippen molar-refractivity contribution in [2.75, 3.05) is 18.4 Å². The molecule has 1 aromatic rings. The molecular formula is C16H23N3O2. The van der Waals surface area contributed by atoms with Gasteiger partial charge in [-0.2, -0.15) is 0 Å². The Morgan fingerprint density at radius 2 is 2.10 bits per heavy atom. The molecule has 1 aliphatic rings. The summed E-state index contributed by atoms with van der Waals surface area (Å²) in [6, 6.07) is 7.00. The molecule has 0 saturated heterocycles. The number of hydrogen-bond donors (Lipinski definition) is 3. The highest BCUT2D eigenvalue weighted by molar-refractivity contribution is 5.99. The normalized spacial score (nSPS) is 15.9. The van der Waals surface area contributed by atoms with Gasteiger partial charge in [-0.3, -0.25) is 9.59 Å². The van der Waals surface area contributed by atoms with Gasteiger partial charge in [0.2, 0.25) is 5.91 Å². The maximum Gasteiger partial charge on any atom is 0.251 e. The predicted molar refractivity (Wildman–Crippen MR) is 83.0 cm³/mol. The number of hydrogen-bond acceptors (Lipinski definition) is 3. The molecule has 0 bridgehead atoms. The van der Waals surface area contributed by atoms with Crippen LogP contribution in [0, 0.1) is 5.41 Å². The zero-order valence-corrected chi connectivity index (χ0v) is 12.4. The molecule has 1 fully saturated rings.